The second-order valence-electron chi connectivity index (χ2n) is 2.42. The van der Waals surface area contributed by atoms with Crippen LogP contribution in [0.4, 0.5) is 0 Å². The molecule has 0 aliphatic carbocycles. The van der Waals surface area contributed by atoms with Gasteiger partial charge in [0.25, 0.3) is 0 Å². The SMILES string of the molecule is CC(C#N)[Si](C)(C)Cl.[I-].[Na+]. The zero-order valence-electron chi connectivity index (χ0n) is 6.78. The topological polar surface area (TPSA) is 23.8 Å². The van der Waals surface area contributed by atoms with Crippen molar-refractivity contribution in [3.63, 3.8) is 0 Å². The first kappa shape index (κ1) is 17.7. The third-order valence-electron chi connectivity index (χ3n) is 1.22. The Morgan fingerprint density at radius 1 is 1.50 bits per heavy atom. The molecule has 0 N–H and O–H groups in total. The molecule has 0 aliphatic rings. The van der Waals surface area contributed by atoms with Crippen LogP contribution in [0, 0.1) is 11.3 Å². The monoisotopic (exact) mass is 297 g/mol. The van der Waals surface area contributed by atoms with E-state index in [9.17, 15) is 0 Å². The van der Waals surface area contributed by atoms with E-state index in [0.29, 0.717) is 0 Å². The van der Waals surface area contributed by atoms with Crippen molar-refractivity contribution in [2.45, 2.75) is 25.6 Å². The summed E-state index contributed by atoms with van der Waals surface area (Å²) in [7, 11) is -1.65. The molecule has 1 atom stereocenters. The molecule has 1 nitrogen and oxygen atoms in total. The smallest absolute Gasteiger partial charge is 1.00 e. The minimum Gasteiger partial charge on any atom is -1.00 e. The van der Waals surface area contributed by atoms with Gasteiger partial charge in [0.05, 0.1) is 11.6 Å². The van der Waals surface area contributed by atoms with E-state index < -0.39 is 7.38 Å². The number of nitrogens with zero attached hydrogens (tertiary/aromatic N) is 1. The molecule has 0 radical (unpaired) electrons. The molecule has 0 saturated heterocycles. The summed E-state index contributed by atoms with van der Waals surface area (Å²) in [4.78, 5) is 0. The average molecular weight is 298 g/mol. The number of halogens is 2. The van der Waals surface area contributed by atoms with Crippen LogP contribution < -0.4 is 53.5 Å². The summed E-state index contributed by atoms with van der Waals surface area (Å²) in [6, 6.07) is 2.13. The van der Waals surface area contributed by atoms with Gasteiger partial charge in [-0.1, -0.05) is 20.0 Å². The minimum atomic E-state index is -1.65. The Bertz CT molecular complexity index is 120. The molecule has 0 bridgehead atoms. The molecule has 54 valence electrons. The zero-order valence-corrected chi connectivity index (χ0v) is 12.7. The van der Waals surface area contributed by atoms with Crippen LogP contribution in [0.2, 0.25) is 18.6 Å². The minimum absolute atomic E-state index is 0. The number of nitriles is 1. The van der Waals surface area contributed by atoms with Crippen LogP contribution in [0.15, 0.2) is 0 Å². The molecule has 0 aromatic heterocycles. The number of hydrogen-bond donors (Lipinski definition) is 0. The summed E-state index contributed by atoms with van der Waals surface area (Å²) in [5.74, 6) is 0. The van der Waals surface area contributed by atoms with Crippen LogP contribution >= 0.6 is 11.1 Å². The van der Waals surface area contributed by atoms with Gasteiger partial charge in [0.2, 0.25) is 0 Å². The number of hydrogen-bond acceptors (Lipinski definition) is 1. The maximum absolute atomic E-state index is 8.37. The van der Waals surface area contributed by atoms with Crippen LogP contribution in [-0.4, -0.2) is 7.38 Å². The van der Waals surface area contributed by atoms with Gasteiger partial charge in [-0.05, 0) is 0 Å². The number of rotatable bonds is 1. The first-order valence-corrected chi connectivity index (χ1v) is 6.66. The molecular formula is C5H10ClINNaSi. The Hall–Kier alpha value is 1.73. The summed E-state index contributed by atoms with van der Waals surface area (Å²) >= 11 is 5.90. The van der Waals surface area contributed by atoms with Crippen LogP contribution in [0.3, 0.4) is 0 Å². The van der Waals surface area contributed by atoms with E-state index in [2.05, 4.69) is 6.07 Å². The Kier molecular flexibility index (Phi) is 13.1. The second kappa shape index (κ2) is 7.38. The fourth-order valence-electron chi connectivity index (χ4n) is 0.153. The van der Waals surface area contributed by atoms with Crippen molar-refractivity contribution in [1.29, 1.82) is 5.26 Å². The summed E-state index contributed by atoms with van der Waals surface area (Å²) in [5.41, 5.74) is 0.0594. The van der Waals surface area contributed by atoms with Crippen LogP contribution in [0.25, 0.3) is 0 Å². The van der Waals surface area contributed by atoms with Gasteiger partial charge in [0, 0.05) is 0 Å². The van der Waals surface area contributed by atoms with Gasteiger partial charge in [0.15, 0.2) is 7.38 Å². The van der Waals surface area contributed by atoms with Gasteiger partial charge in [0.1, 0.15) is 0 Å². The van der Waals surface area contributed by atoms with E-state index >= 15 is 0 Å². The predicted octanol–water partition coefficient (Wildman–Crippen LogP) is -3.65. The Balaban J connectivity index is -0.000000245. The van der Waals surface area contributed by atoms with E-state index in [0.717, 1.165) is 0 Å². The van der Waals surface area contributed by atoms with Crippen molar-refractivity contribution in [3.8, 4) is 6.07 Å². The standard InChI is InChI=1S/C5H10ClNSi.HI.Na/c1-5(4-7)8(2,3)6;;/h5H,1-3H3;1H;/q;;+1/p-1. The van der Waals surface area contributed by atoms with Crippen molar-refractivity contribution >= 4 is 18.5 Å². The van der Waals surface area contributed by atoms with Gasteiger partial charge in [-0.3, -0.25) is 0 Å². The van der Waals surface area contributed by atoms with Crippen LogP contribution in [-0.2, 0) is 0 Å². The second-order valence-corrected chi connectivity index (χ2v) is 9.33. The van der Waals surface area contributed by atoms with Crippen molar-refractivity contribution in [2.24, 2.45) is 0 Å². The third kappa shape index (κ3) is 7.83. The summed E-state index contributed by atoms with van der Waals surface area (Å²) in [6.07, 6.45) is 0. The maximum atomic E-state index is 8.37. The van der Waals surface area contributed by atoms with Crippen LogP contribution in [0.1, 0.15) is 6.92 Å². The van der Waals surface area contributed by atoms with Gasteiger partial charge < -0.3 is 24.0 Å². The molecule has 0 aromatic rings. The van der Waals surface area contributed by atoms with Crippen molar-refractivity contribution in [3.05, 3.63) is 0 Å². The van der Waals surface area contributed by atoms with Gasteiger partial charge in [-0.25, -0.2) is 0 Å². The quantitative estimate of drug-likeness (QED) is 0.278. The van der Waals surface area contributed by atoms with E-state index in [-0.39, 0.29) is 59.1 Å². The molecule has 0 fully saturated rings. The molecule has 0 aromatic carbocycles. The predicted molar refractivity (Wildman–Crippen MR) is 38.4 cm³/mol. The van der Waals surface area contributed by atoms with Crippen molar-refractivity contribution < 1.29 is 53.5 Å². The fourth-order valence-corrected chi connectivity index (χ4v) is 0.607. The summed E-state index contributed by atoms with van der Waals surface area (Å²) in [6.45, 7) is 5.82. The van der Waals surface area contributed by atoms with E-state index in [1.165, 1.54) is 0 Å². The molecule has 0 spiro atoms. The third-order valence-corrected chi connectivity index (χ3v) is 4.39. The Morgan fingerprint density at radius 3 is 1.80 bits per heavy atom. The first-order chi connectivity index (χ1) is 3.48. The molecule has 0 heterocycles. The van der Waals surface area contributed by atoms with Crippen molar-refractivity contribution in [1.82, 2.24) is 0 Å². The van der Waals surface area contributed by atoms with Gasteiger partial charge in [-0.15, -0.1) is 0 Å². The van der Waals surface area contributed by atoms with Gasteiger partial charge >= 0.3 is 29.6 Å². The zero-order chi connectivity index (χ0) is 6.78. The van der Waals surface area contributed by atoms with E-state index in [1.54, 1.807) is 0 Å². The van der Waals surface area contributed by atoms with E-state index in [4.69, 9.17) is 16.3 Å². The fraction of sp³-hybridized carbons (Fsp3) is 0.800. The molecule has 0 aliphatic heterocycles. The maximum Gasteiger partial charge on any atom is 1.00 e. The molecule has 5 heteroatoms. The van der Waals surface area contributed by atoms with Crippen molar-refractivity contribution in [2.75, 3.05) is 0 Å². The molecule has 0 saturated carbocycles. The first-order valence-electron chi connectivity index (χ1n) is 2.57. The Labute approximate surface area is 108 Å². The molecule has 1 unspecified atom stereocenters. The molecule has 10 heavy (non-hydrogen) atoms. The van der Waals surface area contributed by atoms with Crippen LogP contribution in [0.5, 0.6) is 0 Å². The van der Waals surface area contributed by atoms with Gasteiger partial charge in [-0.2, -0.15) is 16.3 Å². The van der Waals surface area contributed by atoms with E-state index in [1.807, 2.05) is 20.0 Å². The average Bonchev–Trinajstić information content (AvgIpc) is 1.62. The molecule has 0 amide bonds. The Morgan fingerprint density at radius 2 is 1.80 bits per heavy atom. The molecule has 0 rings (SSSR count). The largest absolute Gasteiger partial charge is 1.00 e. The summed E-state index contributed by atoms with van der Waals surface area (Å²) in [5, 5.41) is 8.37. The summed E-state index contributed by atoms with van der Waals surface area (Å²) < 4.78 is 0. The normalized spacial score (nSPS) is 11.9. The molecular weight excluding hydrogens is 287 g/mol.